The van der Waals surface area contributed by atoms with Gasteiger partial charge in [0.05, 0.1) is 31.3 Å². The number of carbonyl (C=O) groups excluding carboxylic acids is 2. The first kappa shape index (κ1) is 33.8. The molecule has 246 valence electrons. The molecule has 1 N–H and O–H groups in total. The number of ether oxygens (including phenoxy) is 3. The first-order chi connectivity index (χ1) is 22.3. The highest BCUT2D eigenvalue weighted by Crippen LogP contribution is 2.26. The number of nitrogens with zero attached hydrogens (tertiary/aromatic N) is 3. The number of nitrogens with one attached hydrogen (secondary N) is 1. The standard InChI is InChI=1S/C33H39ClN4O7S/c34-28-8-6-26(7-9-28)24-38(32(27-4-2-1-3-5-27)33(40)35-14-15-36-16-20-43-21-17-36)31(39)25-45-29-10-12-30(13-11-29)46(41,42)37-18-22-44-23-19-37/h1-13,32H,14-25H2,(H,35,40)/t32-/m0/s1. The van der Waals surface area contributed by atoms with Crippen LogP contribution in [0.1, 0.15) is 17.2 Å². The summed E-state index contributed by atoms with van der Waals surface area (Å²) in [6.45, 7) is 5.07. The molecule has 1 atom stereocenters. The molecule has 2 saturated heterocycles. The molecule has 0 aliphatic carbocycles. The van der Waals surface area contributed by atoms with Crippen LogP contribution in [0.3, 0.4) is 0 Å². The molecule has 2 aliphatic heterocycles. The summed E-state index contributed by atoms with van der Waals surface area (Å²) in [7, 11) is -3.67. The maximum Gasteiger partial charge on any atom is 0.261 e. The van der Waals surface area contributed by atoms with E-state index in [1.54, 1.807) is 12.1 Å². The van der Waals surface area contributed by atoms with Crippen LogP contribution in [-0.2, 0) is 35.6 Å². The molecule has 0 radical (unpaired) electrons. The van der Waals surface area contributed by atoms with Crippen LogP contribution < -0.4 is 10.1 Å². The van der Waals surface area contributed by atoms with Gasteiger partial charge in [0.2, 0.25) is 15.9 Å². The Hall–Kier alpha value is -3.52. The first-order valence-electron chi connectivity index (χ1n) is 15.3. The number of hydrogen-bond donors (Lipinski definition) is 1. The highest BCUT2D eigenvalue weighted by molar-refractivity contribution is 7.89. The third-order valence-electron chi connectivity index (χ3n) is 7.89. The Balaban J connectivity index is 1.32. The maximum absolute atomic E-state index is 13.9. The van der Waals surface area contributed by atoms with Gasteiger partial charge in [0.1, 0.15) is 11.8 Å². The van der Waals surface area contributed by atoms with E-state index in [-0.39, 0.29) is 24.0 Å². The third-order valence-corrected chi connectivity index (χ3v) is 10.1. The molecule has 3 aromatic carbocycles. The van der Waals surface area contributed by atoms with Gasteiger partial charge in [-0.25, -0.2) is 8.42 Å². The Morgan fingerprint density at radius 2 is 1.50 bits per heavy atom. The highest BCUT2D eigenvalue weighted by atomic mass is 35.5. The van der Waals surface area contributed by atoms with Crippen LogP contribution >= 0.6 is 11.6 Å². The zero-order chi connectivity index (χ0) is 32.4. The van der Waals surface area contributed by atoms with Crippen molar-refractivity contribution in [2.24, 2.45) is 0 Å². The molecule has 2 fully saturated rings. The molecule has 2 amide bonds. The lowest BCUT2D eigenvalue weighted by molar-refractivity contribution is -0.143. The molecule has 0 saturated carbocycles. The summed E-state index contributed by atoms with van der Waals surface area (Å²) in [6, 6.07) is 21.3. The zero-order valence-corrected chi connectivity index (χ0v) is 27.1. The molecule has 2 aliphatic rings. The summed E-state index contributed by atoms with van der Waals surface area (Å²) in [5.74, 6) is -0.400. The topological polar surface area (TPSA) is 118 Å². The minimum Gasteiger partial charge on any atom is -0.484 e. The molecule has 13 heteroatoms. The van der Waals surface area contributed by atoms with Gasteiger partial charge < -0.3 is 24.4 Å². The van der Waals surface area contributed by atoms with E-state index in [4.69, 9.17) is 25.8 Å². The lowest BCUT2D eigenvalue weighted by atomic mass is 10.0. The highest BCUT2D eigenvalue weighted by Gasteiger charge is 2.32. The van der Waals surface area contributed by atoms with Gasteiger partial charge in [0.15, 0.2) is 6.61 Å². The average Bonchev–Trinajstić information content (AvgIpc) is 3.09. The number of benzene rings is 3. The number of carbonyl (C=O) groups is 2. The van der Waals surface area contributed by atoms with Gasteiger partial charge >= 0.3 is 0 Å². The van der Waals surface area contributed by atoms with Crippen molar-refractivity contribution in [1.82, 2.24) is 19.4 Å². The molecule has 0 spiro atoms. The van der Waals surface area contributed by atoms with Crippen molar-refractivity contribution < 1.29 is 32.2 Å². The Kier molecular flexibility index (Phi) is 12.0. The van der Waals surface area contributed by atoms with Crippen LogP contribution in [0.4, 0.5) is 0 Å². The van der Waals surface area contributed by atoms with Crippen LogP contribution in [0.5, 0.6) is 5.75 Å². The summed E-state index contributed by atoms with van der Waals surface area (Å²) in [5.41, 5.74) is 1.45. The second-order valence-corrected chi connectivity index (χ2v) is 13.4. The van der Waals surface area contributed by atoms with E-state index in [1.165, 1.54) is 33.5 Å². The van der Waals surface area contributed by atoms with E-state index in [0.717, 1.165) is 18.7 Å². The van der Waals surface area contributed by atoms with Crippen molar-refractivity contribution in [2.75, 3.05) is 72.3 Å². The van der Waals surface area contributed by atoms with Gasteiger partial charge in [-0.1, -0.05) is 54.1 Å². The Morgan fingerprint density at radius 3 is 2.15 bits per heavy atom. The molecule has 2 heterocycles. The number of hydrogen-bond acceptors (Lipinski definition) is 8. The molecule has 46 heavy (non-hydrogen) atoms. The minimum atomic E-state index is -3.67. The number of morpholine rings is 2. The predicted octanol–water partition coefficient (Wildman–Crippen LogP) is 2.96. The normalized spacial score (nSPS) is 16.8. The largest absolute Gasteiger partial charge is 0.484 e. The molecule has 3 aromatic rings. The van der Waals surface area contributed by atoms with Crippen molar-refractivity contribution in [3.63, 3.8) is 0 Å². The Labute approximate surface area is 275 Å². The van der Waals surface area contributed by atoms with Gasteiger partial charge in [0.25, 0.3) is 5.91 Å². The van der Waals surface area contributed by atoms with E-state index in [1.807, 2.05) is 42.5 Å². The van der Waals surface area contributed by atoms with E-state index in [2.05, 4.69) is 10.2 Å². The van der Waals surface area contributed by atoms with Crippen molar-refractivity contribution in [1.29, 1.82) is 0 Å². The van der Waals surface area contributed by atoms with Gasteiger partial charge in [-0.2, -0.15) is 4.31 Å². The molecule has 0 unspecified atom stereocenters. The molecule has 0 bridgehead atoms. The van der Waals surface area contributed by atoms with Crippen LogP contribution in [0, 0.1) is 0 Å². The van der Waals surface area contributed by atoms with Crippen molar-refractivity contribution in [2.45, 2.75) is 17.5 Å². The minimum absolute atomic E-state index is 0.131. The smallest absolute Gasteiger partial charge is 0.261 e. The van der Waals surface area contributed by atoms with Gasteiger partial charge in [-0.05, 0) is 47.5 Å². The van der Waals surface area contributed by atoms with E-state index < -0.39 is 22.0 Å². The zero-order valence-electron chi connectivity index (χ0n) is 25.6. The second-order valence-electron chi connectivity index (χ2n) is 11.0. The Bertz CT molecular complexity index is 1530. The fourth-order valence-electron chi connectivity index (χ4n) is 5.35. The summed E-state index contributed by atoms with van der Waals surface area (Å²) >= 11 is 6.12. The molecule has 0 aromatic heterocycles. The molecule has 11 nitrogen and oxygen atoms in total. The van der Waals surface area contributed by atoms with Gasteiger partial charge in [-0.15, -0.1) is 0 Å². The summed E-state index contributed by atoms with van der Waals surface area (Å²) < 4.78 is 43.9. The predicted molar refractivity (Wildman–Crippen MR) is 173 cm³/mol. The van der Waals surface area contributed by atoms with E-state index in [9.17, 15) is 18.0 Å². The lowest BCUT2D eigenvalue weighted by Gasteiger charge is -2.32. The van der Waals surface area contributed by atoms with Crippen molar-refractivity contribution >= 4 is 33.4 Å². The van der Waals surface area contributed by atoms with Crippen LogP contribution in [0.2, 0.25) is 5.02 Å². The van der Waals surface area contributed by atoms with E-state index in [0.29, 0.717) is 68.9 Å². The fourth-order valence-corrected chi connectivity index (χ4v) is 6.88. The Morgan fingerprint density at radius 1 is 0.870 bits per heavy atom. The average molecular weight is 671 g/mol. The fraction of sp³-hybridized carbons (Fsp3) is 0.394. The summed E-state index contributed by atoms with van der Waals surface area (Å²) in [6.07, 6.45) is 0. The van der Waals surface area contributed by atoms with Crippen LogP contribution in [0.25, 0.3) is 0 Å². The summed E-state index contributed by atoms with van der Waals surface area (Å²) in [5, 5.41) is 3.59. The second kappa shape index (κ2) is 16.3. The molecule has 5 rings (SSSR count). The van der Waals surface area contributed by atoms with Gasteiger partial charge in [0, 0.05) is 50.8 Å². The third kappa shape index (κ3) is 9.05. The molecular formula is C33H39ClN4O7S. The summed E-state index contributed by atoms with van der Waals surface area (Å²) in [4.78, 5) is 31.6. The number of amides is 2. The van der Waals surface area contributed by atoms with Crippen molar-refractivity contribution in [3.05, 3.63) is 95.0 Å². The first-order valence-corrected chi connectivity index (χ1v) is 17.1. The maximum atomic E-state index is 13.9. The molecular weight excluding hydrogens is 632 g/mol. The number of halogens is 1. The number of sulfonamides is 1. The number of rotatable bonds is 13. The quantitative estimate of drug-likeness (QED) is 0.295. The van der Waals surface area contributed by atoms with Crippen LogP contribution in [-0.4, -0.2) is 107 Å². The lowest BCUT2D eigenvalue weighted by Crippen LogP contribution is -2.47. The van der Waals surface area contributed by atoms with E-state index >= 15 is 0 Å². The van der Waals surface area contributed by atoms with Gasteiger partial charge in [-0.3, -0.25) is 14.5 Å². The monoisotopic (exact) mass is 670 g/mol. The van der Waals surface area contributed by atoms with Crippen molar-refractivity contribution in [3.8, 4) is 5.75 Å². The van der Waals surface area contributed by atoms with Crippen LogP contribution in [0.15, 0.2) is 83.8 Å². The SMILES string of the molecule is O=C(NCCN1CCOCC1)[C@H](c1ccccc1)N(Cc1ccc(Cl)cc1)C(=O)COc1ccc(S(=O)(=O)N2CCOCC2)cc1.